The van der Waals surface area contributed by atoms with Crippen LogP contribution in [-0.4, -0.2) is 37.4 Å². The highest BCUT2D eigenvalue weighted by molar-refractivity contribution is 6.08. The van der Waals surface area contributed by atoms with Gasteiger partial charge in [0.05, 0.1) is 23.3 Å². The Kier molecular flexibility index (Phi) is 5.44. The highest BCUT2D eigenvalue weighted by atomic mass is 16.6. The van der Waals surface area contributed by atoms with E-state index in [4.69, 9.17) is 4.74 Å². The van der Waals surface area contributed by atoms with Gasteiger partial charge in [0, 0.05) is 49.6 Å². The van der Waals surface area contributed by atoms with E-state index < -0.39 is 10.8 Å². The van der Waals surface area contributed by atoms with Crippen LogP contribution in [0.3, 0.4) is 0 Å². The molecule has 2 N–H and O–H groups in total. The van der Waals surface area contributed by atoms with Crippen LogP contribution in [0.25, 0.3) is 0 Å². The van der Waals surface area contributed by atoms with Gasteiger partial charge >= 0.3 is 0 Å². The maximum atomic E-state index is 12.7. The molecule has 0 atom stereocenters. The molecule has 1 fully saturated rings. The first kappa shape index (κ1) is 19.2. The van der Waals surface area contributed by atoms with E-state index in [1.165, 1.54) is 25.3 Å². The number of hydrogen-bond acceptors (Lipinski definition) is 6. The van der Waals surface area contributed by atoms with Gasteiger partial charge < -0.3 is 20.3 Å². The summed E-state index contributed by atoms with van der Waals surface area (Å²) in [7, 11) is 3.12. The van der Waals surface area contributed by atoms with Gasteiger partial charge in [0.2, 0.25) is 5.91 Å². The molecule has 146 valence electrons. The van der Waals surface area contributed by atoms with Crippen LogP contribution in [0.4, 0.5) is 22.7 Å². The number of benzene rings is 2. The monoisotopic (exact) mass is 384 g/mol. The Balaban J connectivity index is 1.87. The molecule has 1 heterocycles. The second kappa shape index (κ2) is 7.95. The third-order valence-electron chi connectivity index (χ3n) is 4.53. The van der Waals surface area contributed by atoms with E-state index >= 15 is 0 Å². The van der Waals surface area contributed by atoms with E-state index in [1.54, 1.807) is 30.1 Å². The third kappa shape index (κ3) is 3.73. The lowest BCUT2D eigenvalue weighted by Gasteiger charge is -2.20. The van der Waals surface area contributed by atoms with Gasteiger partial charge in [-0.2, -0.15) is 0 Å². The number of anilines is 3. The summed E-state index contributed by atoms with van der Waals surface area (Å²) in [5, 5.41) is 16.6. The van der Waals surface area contributed by atoms with Crippen molar-refractivity contribution in [2.45, 2.75) is 12.8 Å². The summed E-state index contributed by atoms with van der Waals surface area (Å²) in [4.78, 5) is 36.8. The van der Waals surface area contributed by atoms with E-state index in [0.29, 0.717) is 35.8 Å². The molecule has 28 heavy (non-hydrogen) atoms. The zero-order valence-corrected chi connectivity index (χ0v) is 15.5. The molecule has 9 nitrogen and oxygen atoms in total. The van der Waals surface area contributed by atoms with E-state index in [9.17, 15) is 19.7 Å². The number of carbonyl (C=O) groups excluding carboxylic acids is 2. The Hall–Kier alpha value is -3.62. The Bertz CT molecular complexity index is 944. The number of methoxy groups -OCH3 is 1. The van der Waals surface area contributed by atoms with Crippen LogP contribution in [0.15, 0.2) is 36.4 Å². The molecule has 0 aliphatic carbocycles. The first-order valence-corrected chi connectivity index (χ1v) is 8.70. The number of nitrogens with one attached hydrogen (secondary N) is 2. The summed E-state index contributed by atoms with van der Waals surface area (Å²) in [6.45, 7) is 0.625. The van der Waals surface area contributed by atoms with Crippen LogP contribution in [0, 0.1) is 10.1 Å². The van der Waals surface area contributed by atoms with Gasteiger partial charge in [-0.1, -0.05) is 0 Å². The van der Waals surface area contributed by atoms with Crippen molar-refractivity contribution in [1.82, 2.24) is 0 Å². The van der Waals surface area contributed by atoms with Gasteiger partial charge in [0.25, 0.3) is 11.6 Å². The van der Waals surface area contributed by atoms with E-state index in [0.717, 1.165) is 6.42 Å². The molecule has 1 aliphatic heterocycles. The van der Waals surface area contributed by atoms with Gasteiger partial charge in [-0.05, 0) is 24.6 Å². The maximum Gasteiger partial charge on any atom is 0.270 e. The molecule has 0 spiro atoms. The Morgan fingerprint density at radius 2 is 2.04 bits per heavy atom. The summed E-state index contributed by atoms with van der Waals surface area (Å²) in [6, 6.07) is 9.02. The van der Waals surface area contributed by atoms with Crippen LogP contribution < -0.4 is 20.3 Å². The molecule has 0 saturated carbocycles. The number of rotatable bonds is 6. The molecule has 2 amide bonds. The largest absolute Gasteiger partial charge is 0.494 e. The molecule has 0 unspecified atom stereocenters. The van der Waals surface area contributed by atoms with E-state index in [-0.39, 0.29) is 17.2 Å². The van der Waals surface area contributed by atoms with Gasteiger partial charge in [-0.25, -0.2) is 0 Å². The van der Waals surface area contributed by atoms with Crippen molar-refractivity contribution in [2.24, 2.45) is 0 Å². The predicted octanol–water partition coefficient (Wildman–Crippen LogP) is 3.02. The standard InChI is InChI=1S/C19H20N4O5/c1-20-15-7-6-13(23(26)27)11-14(15)19(25)21-12-5-8-16(17(10-12)28-2)22-9-3-4-18(22)24/h5-8,10-11,20H,3-4,9H2,1-2H3,(H,21,25). The molecule has 2 aromatic carbocycles. The Morgan fingerprint density at radius 3 is 2.64 bits per heavy atom. The topological polar surface area (TPSA) is 114 Å². The number of ether oxygens (including phenoxy) is 1. The first-order valence-electron chi connectivity index (χ1n) is 8.70. The molecule has 9 heteroatoms. The molecular formula is C19H20N4O5. The fourth-order valence-electron chi connectivity index (χ4n) is 3.13. The minimum atomic E-state index is -0.554. The summed E-state index contributed by atoms with van der Waals surface area (Å²) < 4.78 is 5.38. The zero-order valence-electron chi connectivity index (χ0n) is 15.5. The predicted molar refractivity (Wildman–Crippen MR) is 105 cm³/mol. The second-order valence-electron chi connectivity index (χ2n) is 6.23. The number of amides is 2. The minimum Gasteiger partial charge on any atom is -0.494 e. The zero-order chi connectivity index (χ0) is 20.3. The Morgan fingerprint density at radius 1 is 1.25 bits per heavy atom. The van der Waals surface area contributed by atoms with Crippen molar-refractivity contribution in [3.8, 4) is 5.75 Å². The lowest BCUT2D eigenvalue weighted by Crippen LogP contribution is -2.24. The summed E-state index contributed by atoms with van der Waals surface area (Å²) in [5.74, 6) is -0.00798. The molecular weight excluding hydrogens is 364 g/mol. The van der Waals surface area contributed by atoms with Gasteiger partial charge in [-0.15, -0.1) is 0 Å². The summed E-state index contributed by atoms with van der Waals surface area (Å²) >= 11 is 0. The molecule has 0 radical (unpaired) electrons. The molecule has 2 aromatic rings. The number of carbonyl (C=O) groups is 2. The molecule has 1 aliphatic rings. The fourth-order valence-corrected chi connectivity index (χ4v) is 3.13. The van der Waals surface area contributed by atoms with Gasteiger partial charge in [0.1, 0.15) is 5.75 Å². The average Bonchev–Trinajstić information content (AvgIpc) is 3.12. The molecule has 1 saturated heterocycles. The average molecular weight is 384 g/mol. The van der Waals surface area contributed by atoms with Crippen molar-refractivity contribution in [3.05, 3.63) is 52.1 Å². The summed E-state index contributed by atoms with van der Waals surface area (Å²) in [6.07, 6.45) is 1.29. The van der Waals surface area contributed by atoms with E-state index in [2.05, 4.69) is 10.6 Å². The van der Waals surface area contributed by atoms with Crippen LogP contribution in [0.1, 0.15) is 23.2 Å². The van der Waals surface area contributed by atoms with Crippen LogP contribution >= 0.6 is 0 Å². The van der Waals surface area contributed by atoms with Crippen molar-refractivity contribution < 1.29 is 19.2 Å². The van der Waals surface area contributed by atoms with Crippen molar-refractivity contribution >= 4 is 34.6 Å². The highest BCUT2D eigenvalue weighted by Crippen LogP contribution is 2.34. The van der Waals surface area contributed by atoms with Gasteiger partial charge in [0.15, 0.2) is 0 Å². The van der Waals surface area contributed by atoms with E-state index in [1.807, 2.05) is 0 Å². The molecule has 3 rings (SSSR count). The number of non-ortho nitro benzene ring substituents is 1. The normalized spacial score (nSPS) is 13.4. The van der Waals surface area contributed by atoms with Crippen molar-refractivity contribution in [3.63, 3.8) is 0 Å². The highest BCUT2D eigenvalue weighted by Gasteiger charge is 2.25. The lowest BCUT2D eigenvalue weighted by molar-refractivity contribution is -0.384. The Labute approximate surface area is 161 Å². The number of hydrogen-bond donors (Lipinski definition) is 2. The SMILES string of the molecule is CNc1ccc([N+](=O)[O-])cc1C(=O)Nc1ccc(N2CCCC2=O)c(OC)c1. The number of nitrogens with zero attached hydrogens (tertiary/aromatic N) is 2. The number of nitro groups is 1. The first-order chi connectivity index (χ1) is 13.4. The summed E-state index contributed by atoms with van der Waals surface area (Å²) in [5.41, 5.74) is 1.54. The van der Waals surface area contributed by atoms with Crippen LogP contribution in [0.2, 0.25) is 0 Å². The van der Waals surface area contributed by atoms with Crippen molar-refractivity contribution in [1.29, 1.82) is 0 Å². The maximum absolute atomic E-state index is 12.7. The van der Waals surface area contributed by atoms with Crippen molar-refractivity contribution in [2.75, 3.05) is 36.2 Å². The molecule has 0 bridgehead atoms. The minimum absolute atomic E-state index is 0.0327. The fraction of sp³-hybridized carbons (Fsp3) is 0.263. The van der Waals surface area contributed by atoms with Crippen LogP contribution in [0.5, 0.6) is 5.75 Å². The molecule has 0 aromatic heterocycles. The quantitative estimate of drug-likeness (QED) is 0.584. The third-order valence-corrected chi connectivity index (χ3v) is 4.53. The number of nitro benzene ring substituents is 1. The lowest BCUT2D eigenvalue weighted by atomic mass is 10.1. The smallest absolute Gasteiger partial charge is 0.270 e. The second-order valence-corrected chi connectivity index (χ2v) is 6.23. The van der Waals surface area contributed by atoms with Gasteiger partial charge in [-0.3, -0.25) is 19.7 Å². The van der Waals surface area contributed by atoms with Crippen LogP contribution in [-0.2, 0) is 4.79 Å².